The van der Waals surface area contributed by atoms with E-state index in [1.54, 1.807) is 6.08 Å². The van der Waals surface area contributed by atoms with E-state index < -0.39 is 0 Å². The Morgan fingerprint density at radius 3 is 2.11 bits per heavy atom. The zero-order chi connectivity index (χ0) is 15.1. The summed E-state index contributed by atoms with van der Waals surface area (Å²) in [5.41, 5.74) is 1.12. The maximum absolute atomic E-state index is 11.9. The molecule has 0 bridgehead atoms. The number of hydrogen-bond acceptors (Lipinski definition) is 2. The maximum atomic E-state index is 11.9. The number of nitrogens with one attached hydrogen (secondary N) is 1. The van der Waals surface area contributed by atoms with Crippen molar-refractivity contribution in [2.24, 2.45) is 10.8 Å². The Morgan fingerprint density at radius 1 is 1.21 bits per heavy atom. The quantitative estimate of drug-likeness (QED) is 0.697. The summed E-state index contributed by atoms with van der Waals surface area (Å²) in [5.74, 6) is -0.0309. The van der Waals surface area contributed by atoms with E-state index in [9.17, 15) is 4.79 Å². The third-order valence-corrected chi connectivity index (χ3v) is 4.31. The highest BCUT2D eigenvalue weighted by Gasteiger charge is 2.26. The van der Waals surface area contributed by atoms with Crippen LogP contribution in [0.15, 0.2) is 11.6 Å². The Labute approximate surface area is 118 Å². The first-order valence-corrected chi connectivity index (χ1v) is 7.28. The molecule has 0 atom stereocenters. The monoisotopic (exact) mass is 269 g/mol. The molecule has 2 N–H and O–H groups in total. The molecule has 0 aromatic heterocycles. The molecule has 0 fully saturated rings. The van der Waals surface area contributed by atoms with Crippen molar-refractivity contribution in [1.29, 1.82) is 0 Å². The summed E-state index contributed by atoms with van der Waals surface area (Å²) >= 11 is 0. The highest BCUT2D eigenvalue weighted by molar-refractivity contribution is 5.88. The van der Waals surface area contributed by atoms with Crippen molar-refractivity contribution in [2.45, 2.75) is 60.8 Å². The predicted octanol–water partition coefficient (Wildman–Crippen LogP) is 3.28. The molecule has 19 heavy (non-hydrogen) atoms. The highest BCUT2D eigenvalue weighted by atomic mass is 16.3. The van der Waals surface area contributed by atoms with Crippen LogP contribution in [0.1, 0.15) is 60.8 Å². The standard InChI is InChI=1S/C16H31NO2/c1-7-16(8-2,9-10-18)12-17-14(19)11-13(3)15(4,5)6/h11,18H,7-10,12H2,1-6H3,(H,17,19)/b13-11-. The van der Waals surface area contributed by atoms with Gasteiger partial charge in [-0.25, -0.2) is 0 Å². The molecule has 1 amide bonds. The molecule has 0 aliphatic rings. The molecule has 0 aromatic rings. The van der Waals surface area contributed by atoms with E-state index in [0.717, 1.165) is 24.8 Å². The number of aliphatic hydroxyl groups excluding tert-OH is 1. The fourth-order valence-corrected chi connectivity index (χ4v) is 1.92. The molecule has 3 nitrogen and oxygen atoms in total. The van der Waals surface area contributed by atoms with Gasteiger partial charge in [-0.15, -0.1) is 0 Å². The third kappa shape index (κ3) is 6.24. The molecule has 0 aliphatic carbocycles. The molecule has 0 heterocycles. The normalized spacial score (nSPS) is 13.5. The number of allylic oxidation sites excluding steroid dienone is 1. The van der Waals surface area contributed by atoms with Crippen LogP contribution in [0.5, 0.6) is 0 Å². The lowest BCUT2D eigenvalue weighted by Crippen LogP contribution is -2.37. The molecule has 0 unspecified atom stereocenters. The zero-order valence-electron chi connectivity index (χ0n) is 13.5. The molecule has 0 spiro atoms. The minimum Gasteiger partial charge on any atom is -0.396 e. The van der Waals surface area contributed by atoms with Crippen molar-refractivity contribution in [3.8, 4) is 0 Å². The summed E-state index contributed by atoms with van der Waals surface area (Å²) in [6.45, 7) is 13.3. The average molecular weight is 269 g/mol. The van der Waals surface area contributed by atoms with Crippen LogP contribution < -0.4 is 5.32 Å². The zero-order valence-corrected chi connectivity index (χ0v) is 13.5. The van der Waals surface area contributed by atoms with E-state index in [1.165, 1.54) is 0 Å². The maximum Gasteiger partial charge on any atom is 0.243 e. The van der Waals surface area contributed by atoms with Gasteiger partial charge in [0.2, 0.25) is 5.91 Å². The van der Waals surface area contributed by atoms with Gasteiger partial charge in [-0.1, -0.05) is 40.2 Å². The van der Waals surface area contributed by atoms with E-state index in [4.69, 9.17) is 5.11 Å². The fraction of sp³-hybridized carbons (Fsp3) is 0.812. The number of hydrogen-bond donors (Lipinski definition) is 2. The van der Waals surface area contributed by atoms with Crippen molar-refractivity contribution in [1.82, 2.24) is 5.32 Å². The number of rotatable bonds is 7. The van der Waals surface area contributed by atoms with Crippen LogP contribution in [-0.4, -0.2) is 24.2 Å². The van der Waals surface area contributed by atoms with Gasteiger partial charge in [-0.3, -0.25) is 4.79 Å². The molecular formula is C16H31NO2. The van der Waals surface area contributed by atoms with Gasteiger partial charge in [0.05, 0.1) is 0 Å². The topological polar surface area (TPSA) is 49.3 Å². The van der Waals surface area contributed by atoms with Crippen LogP contribution >= 0.6 is 0 Å². The third-order valence-electron chi connectivity index (χ3n) is 4.31. The lowest BCUT2D eigenvalue weighted by Gasteiger charge is -2.31. The number of carbonyl (C=O) groups excluding carboxylic acids is 1. The molecule has 0 aliphatic heterocycles. The van der Waals surface area contributed by atoms with E-state index in [1.807, 2.05) is 6.92 Å². The Bertz CT molecular complexity index is 309. The largest absolute Gasteiger partial charge is 0.396 e. The van der Waals surface area contributed by atoms with Crippen molar-refractivity contribution in [3.05, 3.63) is 11.6 Å². The van der Waals surface area contributed by atoms with Crippen molar-refractivity contribution in [2.75, 3.05) is 13.2 Å². The van der Waals surface area contributed by atoms with Crippen LogP contribution in [0.2, 0.25) is 0 Å². The highest BCUT2D eigenvalue weighted by Crippen LogP contribution is 2.29. The predicted molar refractivity (Wildman–Crippen MR) is 80.9 cm³/mol. The van der Waals surface area contributed by atoms with Gasteiger partial charge in [-0.2, -0.15) is 0 Å². The van der Waals surface area contributed by atoms with Crippen LogP contribution in [0.3, 0.4) is 0 Å². The smallest absolute Gasteiger partial charge is 0.243 e. The van der Waals surface area contributed by atoms with E-state index >= 15 is 0 Å². The average Bonchev–Trinajstić information content (AvgIpc) is 2.33. The summed E-state index contributed by atoms with van der Waals surface area (Å²) in [4.78, 5) is 11.9. The summed E-state index contributed by atoms with van der Waals surface area (Å²) < 4.78 is 0. The van der Waals surface area contributed by atoms with Crippen molar-refractivity contribution in [3.63, 3.8) is 0 Å². The molecule has 0 radical (unpaired) electrons. The van der Waals surface area contributed by atoms with Crippen LogP contribution in [-0.2, 0) is 4.79 Å². The molecule has 0 saturated carbocycles. The van der Waals surface area contributed by atoms with Gasteiger partial charge in [0.1, 0.15) is 0 Å². The second kappa shape index (κ2) is 7.68. The molecule has 0 aromatic carbocycles. The Hall–Kier alpha value is -0.830. The minimum atomic E-state index is -0.0309. The summed E-state index contributed by atoms with van der Waals surface area (Å²) in [7, 11) is 0. The molecule has 112 valence electrons. The summed E-state index contributed by atoms with van der Waals surface area (Å²) in [6.07, 6.45) is 4.36. The minimum absolute atomic E-state index is 0.0217. The first kappa shape index (κ1) is 18.2. The second-order valence-corrected chi connectivity index (χ2v) is 6.48. The molecule has 0 saturated heterocycles. The number of amides is 1. The first-order valence-electron chi connectivity index (χ1n) is 7.28. The van der Waals surface area contributed by atoms with Gasteiger partial charge in [0.15, 0.2) is 0 Å². The van der Waals surface area contributed by atoms with Gasteiger partial charge in [-0.05, 0) is 37.0 Å². The second-order valence-electron chi connectivity index (χ2n) is 6.48. The lowest BCUT2D eigenvalue weighted by molar-refractivity contribution is -0.117. The van der Waals surface area contributed by atoms with Crippen molar-refractivity contribution < 1.29 is 9.90 Å². The SMILES string of the molecule is CCC(CC)(CCO)CNC(=O)/C=C(/C)C(C)(C)C. The summed E-state index contributed by atoms with van der Waals surface area (Å²) in [6, 6.07) is 0. The fourth-order valence-electron chi connectivity index (χ4n) is 1.92. The Balaban J connectivity index is 4.58. The van der Waals surface area contributed by atoms with Gasteiger partial charge >= 0.3 is 0 Å². The van der Waals surface area contributed by atoms with Gasteiger partial charge < -0.3 is 10.4 Å². The Kier molecular flexibility index (Phi) is 7.35. The Morgan fingerprint density at radius 2 is 1.74 bits per heavy atom. The van der Waals surface area contributed by atoms with E-state index in [-0.39, 0.29) is 23.3 Å². The van der Waals surface area contributed by atoms with Crippen LogP contribution in [0.25, 0.3) is 0 Å². The van der Waals surface area contributed by atoms with Crippen LogP contribution in [0.4, 0.5) is 0 Å². The molecule has 0 rings (SSSR count). The summed E-state index contributed by atoms with van der Waals surface area (Å²) in [5, 5.41) is 12.1. The molecule has 3 heteroatoms. The van der Waals surface area contributed by atoms with Crippen LogP contribution in [0, 0.1) is 10.8 Å². The van der Waals surface area contributed by atoms with Gasteiger partial charge in [0, 0.05) is 19.2 Å². The number of aliphatic hydroxyl groups is 1. The van der Waals surface area contributed by atoms with Gasteiger partial charge in [0.25, 0.3) is 0 Å². The lowest BCUT2D eigenvalue weighted by atomic mass is 9.79. The first-order chi connectivity index (χ1) is 8.70. The van der Waals surface area contributed by atoms with Crippen molar-refractivity contribution >= 4 is 5.91 Å². The van der Waals surface area contributed by atoms with E-state index in [2.05, 4.69) is 39.9 Å². The molecular weight excluding hydrogens is 238 g/mol. The number of carbonyl (C=O) groups is 1. The van der Waals surface area contributed by atoms with E-state index in [0.29, 0.717) is 6.54 Å².